The van der Waals surface area contributed by atoms with Gasteiger partial charge in [-0.3, -0.25) is 9.59 Å². The van der Waals surface area contributed by atoms with Crippen LogP contribution in [-0.2, 0) is 25.5 Å². The summed E-state index contributed by atoms with van der Waals surface area (Å²) in [4.78, 5) is 21.7. The SMILES string of the molecule is CC(=O)OC/C=C/C(CCc1ccccc1)OC(C)=O. The Kier molecular flexibility index (Phi) is 7.11. The summed E-state index contributed by atoms with van der Waals surface area (Å²) in [5.41, 5.74) is 1.19. The van der Waals surface area contributed by atoms with E-state index in [0.717, 1.165) is 6.42 Å². The average molecular weight is 276 g/mol. The highest BCUT2D eigenvalue weighted by atomic mass is 16.5. The molecule has 0 amide bonds. The Balaban J connectivity index is 2.47. The van der Waals surface area contributed by atoms with Gasteiger partial charge in [0, 0.05) is 13.8 Å². The van der Waals surface area contributed by atoms with E-state index in [-0.39, 0.29) is 24.6 Å². The van der Waals surface area contributed by atoms with Gasteiger partial charge in [0.25, 0.3) is 0 Å². The largest absolute Gasteiger partial charge is 0.462 e. The van der Waals surface area contributed by atoms with Crippen LogP contribution in [0.4, 0.5) is 0 Å². The maximum atomic E-state index is 11.1. The lowest BCUT2D eigenvalue weighted by Crippen LogP contribution is -2.15. The number of benzene rings is 1. The van der Waals surface area contributed by atoms with Crippen molar-refractivity contribution in [2.75, 3.05) is 6.61 Å². The Morgan fingerprint density at radius 3 is 2.45 bits per heavy atom. The average Bonchev–Trinajstić information content (AvgIpc) is 2.41. The first-order chi connectivity index (χ1) is 9.58. The van der Waals surface area contributed by atoms with Gasteiger partial charge in [-0.15, -0.1) is 0 Å². The van der Waals surface area contributed by atoms with Gasteiger partial charge < -0.3 is 9.47 Å². The zero-order valence-electron chi connectivity index (χ0n) is 11.9. The minimum absolute atomic E-state index is 0.193. The summed E-state index contributed by atoms with van der Waals surface area (Å²) in [5.74, 6) is -0.650. The summed E-state index contributed by atoms with van der Waals surface area (Å²) in [5, 5.41) is 0. The number of aryl methyl sites for hydroxylation is 1. The van der Waals surface area contributed by atoms with Crippen LogP contribution in [0.5, 0.6) is 0 Å². The predicted molar refractivity (Wildman–Crippen MR) is 76.1 cm³/mol. The van der Waals surface area contributed by atoms with Crippen molar-refractivity contribution in [3.05, 3.63) is 48.0 Å². The molecule has 0 aliphatic heterocycles. The topological polar surface area (TPSA) is 52.6 Å². The third kappa shape index (κ3) is 7.36. The standard InChI is InChI=1S/C16H20O4/c1-13(17)19-12-6-9-16(20-14(2)18)11-10-15-7-4-3-5-8-15/h3-9,16H,10-12H2,1-2H3/b9-6+. The maximum absolute atomic E-state index is 11.1. The van der Waals surface area contributed by atoms with Crippen molar-refractivity contribution >= 4 is 11.9 Å². The summed E-state index contributed by atoms with van der Waals surface area (Å²) in [6.45, 7) is 2.93. The lowest BCUT2D eigenvalue weighted by atomic mass is 10.1. The molecule has 0 aromatic heterocycles. The van der Waals surface area contributed by atoms with Crippen LogP contribution in [0, 0.1) is 0 Å². The molecular weight excluding hydrogens is 256 g/mol. The third-order valence-electron chi connectivity index (χ3n) is 2.61. The van der Waals surface area contributed by atoms with E-state index < -0.39 is 0 Å². The van der Waals surface area contributed by atoms with Gasteiger partial charge in [-0.1, -0.05) is 30.3 Å². The zero-order valence-corrected chi connectivity index (χ0v) is 11.9. The first-order valence-corrected chi connectivity index (χ1v) is 6.59. The van der Waals surface area contributed by atoms with E-state index in [0.29, 0.717) is 6.42 Å². The number of hydrogen-bond acceptors (Lipinski definition) is 4. The van der Waals surface area contributed by atoms with Crippen molar-refractivity contribution in [2.45, 2.75) is 32.8 Å². The molecular formula is C16H20O4. The highest BCUT2D eigenvalue weighted by Crippen LogP contribution is 2.09. The fourth-order valence-corrected chi connectivity index (χ4v) is 1.73. The molecule has 0 radical (unpaired) electrons. The Bertz CT molecular complexity index is 451. The van der Waals surface area contributed by atoms with Crippen LogP contribution in [0.2, 0.25) is 0 Å². The van der Waals surface area contributed by atoms with Crippen LogP contribution >= 0.6 is 0 Å². The number of esters is 2. The normalized spacial score (nSPS) is 12.1. The quantitative estimate of drug-likeness (QED) is 0.567. The number of ether oxygens (including phenoxy) is 2. The number of rotatable bonds is 7. The van der Waals surface area contributed by atoms with E-state index in [2.05, 4.69) is 0 Å². The Labute approximate surface area is 119 Å². The van der Waals surface area contributed by atoms with Gasteiger partial charge in [0.2, 0.25) is 0 Å². The molecule has 0 spiro atoms. The molecule has 20 heavy (non-hydrogen) atoms. The van der Waals surface area contributed by atoms with Crippen molar-refractivity contribution in [2.24, 2.45) is 0 Å². The molecule has 0 fully saturated rings. The van der Waals surface area contributed by atoms with Crippen molar-refractivity contribution in [3.63, 3.8) is 0 Å². The summed E-state index contributed by atoms with van der Waals surface area (Å²) in [6.07, 6.45) is 4.66. The van der Waals surface area contributed by atoms with Crippen LogP contribution < -0.4 is 0 Å². The molecule has 1 aromatic carbocycles. The van der Waals surface area contributed by atoms with Gasteiger partial charge in [-0.05, 0) is 30.6 Å². The van der Waals surface area contributed by atoms with E-state index >= 15 is 0 Å². The number of hydrogen-bond donors (Lipinski definition) is 0. The van der Waals surface area contributed by atoms with Crippen LogP contribution in [0.15, 0.2) is 42.5 Å². The van der Waals surface area contributed by atoms with Crippen molar-refractivity contribution in [1.29, 1.82) is 0 Å². The molecule has 1 rings (SSSR count). The summed E-state index contributed by atoms with van der Waals surface area (Å²) in [6, 6.07) is 9.99. The molecule has 0 heterocycles. The van der Waals surface area contributed by atoms with E-state index in [1.165, 1.54) is 19.4 Å². The summed E-state index contributed by atoms with van der Waals surface area (Å²) in [7, 11) is 0. The van der Waals surface area contributed by atoms with E-state index in [4.69, 9.17) is 9.47 Å². The summed E-state index contributed by atoms with van der Waals surface area (Å²) < 4.78 is 10.0. The molecule has 4 heteroatoms. The summed E-state index contributed by atoms with van der Waals surface area (Å²) >= 11 is 0. The highest BCUT2D eigenvalue weighted by molar-refractivity contribution is 5.66. The van der Waals surface area contributed by atoms with Gasteiger partial charge in [0.1, 0.15) is 12.7 Å². The molecule has 1 aromatic rings. The van der Waals surface area contributed by atoms with Gasteiger partial charge in [-0.2, -0.15) is 0 Å². The van der Waals surface area contributed by atoms with Gasteiger partial charge >= 0.3 is 11.9 Å². The number of carbonyl (C=O) groups is 2. The van der Waals surface area contributed by atoms with Gasteiger partial charge in [-0.25, -0.2) is 0 Å². The monoisotopic (exact) mass is 276 g/mol. The van der Waals surface area contributed by atoms with Crippen LogP contribution in [0.25, 0.3) is 0 Å². The van der Waals surface area contributed by atoms with Crippen LogP contribution in [0.3, 0.4) is 0 Å². The molecule has 0 aliphatic carbocycles. The van der Waals surface area contributed by atoms with Gasteiger partial charge in [0.15, 0.2) is 0 Å². The molecule has 4 nitrogen and oxygen atoms in total. The molecule has 108 valence electrons. The van der Waals surface area contributed by atoms with E-state index in [1.807, 2.05) is 30.3 Å². The minimum atomic E-state index is -0.331. The molecule has 1 atom stereocenters. The molecule has 0 saturated heterocycles. The zero-order chi connectivity index (χ0) is 14.8. The van der Waals surface area contributed by atoms with Crippen LogP contribution in [-0.4, -0.2) is 24.6 Å². The molecule has 0 saturated carbocycles. The Morgan fingerprint density at radius 1 is 1.15 bits per heavy atom. The first kappa shape index (κ1) is 16.0. The highest BCUT2D eigenvalue weighted by Gasteiger charge is 2.08. The molecule has 0 N–H and O–H groups in total. The first-order valence-electron chi connectivity index (χ1n) is 6.59. The Hall–Kier alpha value is -2.10. The lowest BCUT2D eigenvalue weighted by Gasteiger charge is -2.13. The van der Waals surface area contributed by atoms with E-state index in [9.17, 15) is 9.59 Å². The van der Waals surface area contributed by atoms with Gasteiger partial charge in [0.05, 0.1) is 0 Å². The van der Waals surface area contributed by atoms with Crippen molar-refractivity contribution < 1.29 is 19.1 Å². The molecule has 0 aliphatic rings. The second-order valence-corrected chi connectivity index (χ2v) is 4.40. The van der Waals surface area contributed by atoms with Crippen molar-refractivity contribution in [3.8, 4) is 0 Å². The van der Waals surface area contributed by atoms with Crippen molar-refractivity contribution in [1.82, 2.24) is 0 Å². The third-order valence-corrected chi connectivity index (χ3v) is 2.61. The fourth-order valence-electron chi connectivity index (χ4n) is 1.73. The second kappa shape index (κ2) is 8.91. The predicted octanol–water partition coefficient (Wildman–Crippen LogP) is 2.67. The minimum Gasteiger partial charge on any atom is -0.462 e. The molecule has 1 unspecified atom stereocenters. The van der Waals surface area contributed by atoms with Crippen LogP contribution in [0.1, 0.15) is 25.8 Å². The fraction of sp³-hybridized carbons (Fsp3) is 0.375. The lowest BCUT2D eigenvalue weighted by molar-refractivity contribution is -0.144. The number of carbonyl (C=O) groups excluding carboxylic acids is 2. The van der Waals surface area contributed by atoms with E-state index in [1.54, 1.807) is 12.2 Å². The smallest absolute Gasteiger partial charge is 0.303 e. The maximum Gasteiger partial charge on any atom is 0.303 e. The Morgan fingerprint density at radius 2 is 1.85 bits per heavy atom. The molecule has 0 bridgehead atoms. The second-order valence-electron chi connectivity index (χ2n) is 4.40.